The van der Waals surface area contributed by atoms with Crippen molar-refractivity contribution in [1.29, 1.82) is 0 Å². The van der Waals surface area contributed by atoms with Gasteiger partial charge >= 0.3 is 6.09 Å². The summed E-state index contributed by atoms with van der Waals surface area (Å²) in [5.41, 5.74) is 5.51. The minimum absolute atomic E-state index is 0.158. The van der Waals surface area contributed by atoms with Crippen LogP contribution in [0.3, 0.4) is 0 Å². The molecule has 1 aliphatic carbocycles. The van der Waals surface area contributed by atoms with Crippen LogP contribution in [0.25, 0.3) is 0 Å². The molecule has 0 aromatic carbocycles. The third-order valence-corrected chi connectivity index (χ3v) is 2.51. The van der Waals surface area contributed by atoms with Crippen LogP contribution in [-0.4, -0.2) is 23.8 Å². The second kappa shape index (κ2) is 4.30. The predicted octanol–water partition coefficient (Wildman–Crippen LogP) is 0.771. The average molecular weight is 172 g/mol. The first-order valence-corrected chi connectivity index (χ1v) is 4.42. The minimum atomic E-state index is -0.911. The van der Waals surface area contributed by atoms with Crippen molar-refractivity contribution >= 4 is 6.09 Å². The van der Waals surface area contributed by atoms with E-state index in [1.807, 2.05) is 0 Å². The summed E-state index contributed by atoms with van der Waals surface area (Å²) < 4.78 is 0. The largest absolute Gasteiger partial charge is 0.465 e. The molecule has 1 saturated carbocycles. The van der Waals surface area contributed by atoms with Gasteiger partial charge in [0, 0.05) is 6.04 Å². The Morgan fingerprint density at radius 1 is 1.42 bits per heavy atom. The van der Waals surface area contributed by atoms with Crippen LogP contribution in [0.4, 0.5) is 4.79 Å². The molecule has 0 bridgehead atoms. The number of nitrogens with one attached hydrogen (secondary N) is 1. The molecule has 0 atom stereocenters. The zero-order chi connectivity index (χ0) is 8.97. The molecule has 0 aromatic rings. The van der Waals surface area contributed by atoms with E-state index in [0.29, 0.717) is 5.92 Å². The van der Waals surface area contributed by atoms with Gasteiger partial charge in [-0.2, -0.15) is 0 Å². The van der Waals surface area contributed by atoms with Crippen LogP contribution in [0.1, 0.15) is 25.7 Å². The van der Waals surface area contributed by atoms with Crippen molar-refractivity contribution in [2.24, 2.45) is 11.7 Å². The summed E-state index contributed by atoms with van der Waals surface area (Å²) in [5, 5.41) is 11.0. The molecule has 12 heavy (non-hydrogen) atoms. The first kappa shape index (κ1) is 9.32. The van der Waals surface area contributed by atoms with Gasteiger partial charge in [0.05, 0.1) is 0 Å². The van der Waals surface area contributed by atoms with Crippen LogP contribution < -0.4 is 11.1 Å². The minimum Gasteiger partial charge on any atom is -0.465 e. The van der Waals surface area contributed by atoms with Gasteiger partial charge < -0.3 is 16.2 Å². The van der Waals surface area contributed by atoms with E-state index in [1.54, 1.807) is 0 Å². The Balaban J connectivity index is 2.21. The van der Waals surface area contributed by atoms with Crippen molar-refractivity contribution in [1.82, 2.24) is 5.32 Å². The lowest BCUT2D eigenvalue weighted by Crippen LogP contribution is -2.37. The maximum absolute atomic E-state index is 10.3. The van der Waals surface area contributed by atoms with Crippen molar-refractivity contribution in [2.45, 2.75) is 31.7 Å². The smallest absolute Gasteiger partial charge is 0.404 e. The normalized spacial score (nSPS) is 29.8. The van der Waals surface area contributed by atoms with E-state index in [0.717, 1.165) is 32.2 Å². The van der Waals surface area contributed by atoms with Crippen molar-refractivity contribution < 1.29 is 9.90 Å². The molecule has 1 fully saturated rings. The number of carboxylic acid groups (broad SMARTS) is 1. The van der Waals surface area contributed by atoms with Crippen LogP contribution in [0, 0.1) is 5.92 Å². The first-order chi connectivity index (χ1) is 5.72. The molecule has 0 spiro atoms. The highest BCUT2D eigenvalue weighted by Gasteiger charge is 2.20. The molecular formula is C8H16N2O2. The molecule has 1 rings (SSSR count). The van der Waals surface area contributed by atoms with Gasteiger partial charge in [0.15, 0.2) is 0 Å². The Morgan fingerprint density at radius 3 is 2.42 bits per heavy atom. The van der Waals surface area contributed by atoms with Crippen LogP contribution in [0.15, 0.2) is 0 Å². The molecule has 0 saturated heterocycles. The molecule has 0 unspecified atom stereocenters. The third-order valence-electron chi connectivity index (χ3n) is 2.51. The Morgan fingerprint density at radius 2 is 2.00 bits per heavy atom. The third kappa shape index (κ3) is 2.70. The van der Waals surface area contributed by atoms with Gasteiger partial charge in [0.2, 0.25) is 0 Å². The standard InChI is InChI=1S/C8H16N2O2/c9-5-6-1-3-7(4-2-6)10-8(11)12/h6-7,10H,1-5,9H2,(H,11,12)/t6-,7-. The monoisotopic (exact) mass is 172 g/mol. The number of rotatable bonds is 2. The zero-order valence-electron chi connectivity index (χ0n) is 7.12. The van der Waals surface area contributed by atoms with Crippen molar-refractivity contribution in [3.63, 3.8) is 0 Å². The van der Waals surface area contributed by atoms with Gasteiger partial charge in [-0.3, -0.25) is 0 Å². The van der Waals surface area contributed by atoms with Gasteiger partial charge in [0.1, 0.15) is 0 Å². The molecule has 0 radical (unpaired) electrons. The second-order valence-electron chi connectivity index (χ2n) is 3.40. The van der Waals surface area contributed by atoms with E-state index in [9.17, 15) is 4.79 Å². The summed E-state index contributed by atoms with van der Waals surface area (Å²) in [6, 6.07) is 0.158. The summed E-state index contributed by atoms with van der Waals surface area (Å²) in [6.45, 7) is 0.736. The van der Waals surface area contributed by atoms with E-state index in [1.165, 1.54) is 0 Å². The molecule has 0 heterocycles. The molecule has 4 N–H and O–H groups in total. The summed E-state index contributed by atoms with van der Waals surface area (Å²) in [6.07, 6.45) is 3.08. The fraction of sp³-hybridized carbons (Fsp3) is 0.875. The number of carbonyl (C=O) groups is 1. The lowest BCUT2D eigenvalue weighted by molar-refractivity contribution is 0.182. The maximum Gasteiger partial charge on any atom is 0.404 e. The molecule has 70 valence electrons. The average Bonchev–Trinajstić information content (AvgIpc) is 2.05. The number of nitrogens with two attached hydrogens (primary N) is 1. The molecule has 4 heteroatoms. The van der Waals surface area contributed by atoms with Crippen molar-refractivity contribution in [3.8, 4) is 0 Å². The van der Waals surface area contributed by atoms with Crippen LogP contribution in [0.5, 0.6) is 0 Å². The van der Waals surface area contributed by atoms with Gasteiger partial charge in [-0.25, -0.2) is 4.79 Å². The number of hydrogen-bond donors (Lipinski definition) is 3. The van der Waals surface area contributed by atoms with Gasteiger partial charge in [0.25, 0.3) is 0 Å². The fourth-order valence-electron chi connectivity index (χ4n) is 1.72. The molecule has 1 amide bonds. The number of hydrogen-bond acceptors (Lipinski definition) is 2. The van der Waals surface area contributed by atoms with E-state index in [-0.39, 0.29) is 6.04 Å². The summed E-state index contributed by atoms with van der Waals surface area (Å²) >= 11 is 0. The van der Waals surface area contributed by atoms with E-state index < -0.39 is 6.09 Å². The van der Waals surface area contributed by atoms with Crippen LogP contribution in [-0.2, 0) is 0 Å². The van der Waals surface area contributed by atoms with E-state index >= 15 is 0 Å². The lowest BCUT2D eigenvalue weighted by Gasteiger charge is -2.27. The Hall–Kier alpha value is -0.770. The molecule has 0 aliphatic heterocycles. The number of amides is 1. The summed E-state index contributed by atoms with van der Waals surface area (Å²) in [4.78, 5) is 10.3. The molecular weight excluding hydrogens is 156 g/mol. The predicted molar refractivity (Wildman–Crippen MR) is 46.0 cm³/mol. The Labute approximate surface area is 72.1 Å². The highest BCUT2D eigenvalue weighted by Crippen LogP contribution is 2.22. The summed E-state index contributed by atoms with van der Waals surface area (Å²) in [5.74, 6) is 0.608. The van der Waals surface area contributed by atoms with E-state index in [4.69, 9.17) is 10.8 Å². The maximum atomic E-state index is 10.3. The fourth-order valence-corrected chi connectivity index (χ4v) is 1.72. The molecule has 4 nitrogen and oxygen atoms in total. The van der Waals surface area contributed by atoms with Gasteiger partial charge in [-0.1, -0.05) is 0 Å². The van der Waals surface area contributed by atoms with Crippen LogP contribution >= 0.6 is 0 Å². The highest BCUT2D eigenvalue weighted by atomic mass is 16.4. The Kier molecular flexibility index (Phi) is 3.34. The van der Waals surface area contributed by atoms with Crippen molar-refractivity contribution in [3.05, 3.63) is 0 Å². The summed E-state index contributed by atoms with van der Waals surface area (Å²) in [7, 11) is 0. The lowest BCUT2D eigenvalue weighted by atomic mass is 9.86. The Bertz CT molecular complexity index is 153. The first-order valence-electron chi connectivity index (χ1n) is 4.42. The van der Waals surface area contributed by atoms with Crippen LogP contribution in [0.2, 0.25) is 0 Å². The topological polar surface area (TPSA) is 75.3 Å². The quantitative estimate of drug-likeness (QED) is 0.576. The highest BCUT2D eigenvalue weighted by molar-refractivity contribution is 5.64. The van der Waals surface area contributed by atoms with E-state index in [2.05, 4.69) is 5.32 Å². The SMILES string of the molecule is NC[C@H]1CC[C@H](NC(=O)O)CC1. The van der Waals surface area contributed by atoms with Gasteiger partial charge in [-0.05, 0) is 38.1 Å². The van der Waals surface area contributed by atoms with Gasteiger partial charge in [-0.15, -0.1) is 0 Å². The second-order valence-corrected chi connectivity index (χ2v) is 3.40. The van der Waals surface area contributed by atoms with Crippen molar-refractivity contribution in [2.75, 3.05) is 6.54 Å². The zero-order valence-corrected chi connectivity index (χ0v) is 7.12. The molecule has 1 aliphatic rings. The molecule has 0 aromatic heterocycles.